The zero-order valence-corrected chi connectivity index (χ0v) is 13.1. The first-order chi connectivity index (χ1) is 10.6. The molecule has 0 aromatic heterocycles. The molecule has 1 rings (SSSR count). The van der Waals surface area contributed by atoms with Gasteiger partial charge >= 0.3 is 20.9 Å². The van der Waals surface area contributed by atoms with Crippen LogP contribution >= 0.6 is 0 Å². The molecule has 0 bridgehead atoms. The fourth-order valence-corrected chi connectivity index (χ4v) is 5.08. The topological polar surface area (TPSA) is 44.5 Å². The first kappa shape index (κ1) is 19.9. The maximum atomic E-state index is 12.5. The molecule has 23 heavy (non-hydrogen) atoms. The monoisotopic (exact) mass is 361 g/mol. The van der Waals surface area contributed by atoms with Crippen LogP contribution in [0.2, 0.25) is 6.04 Å². The Morgan fingerprint density at radius 1 is 0.870 bits per heavy atom. The zero-order chi connectivity index (χ0) is 17.6. The third-order valence-corrected chi connectivity index (χ3v) is 6.31. The van der Waals surface area contributed by atoms with Gasteiger partial charge in [0, 0.05) is 0 Å². The van der Waals surface area contributed by atoms with Gasteiger partial charge in [0.25, 0.3) is 0 Å². The molecular formula is C13H17F6NO2Si. The summed E-state index contributed by atoms with van der Waals surface area (Å²) in [4.78, 5) is 0. The molecule has 0 saturated carbocycles. The average molecular weight is 361 g/mol. The molecule has 0 radical (unpaired) electrons. The second kappa shape index (κ2) is 8.13. The Labute approximate surface area is 130 Å². The van der Waals surface area contributed by atoms with Crippen LogP contribution in [0.1, 0.15) is 6.42 Å². The van der Waals surface area contributed by atoms with Crippen LogP contribution in [0.3, 0.4) is 0 Å². The molecule has 0 saturated heterocycles. The molecule has 3 nitrogen and oxygen atoms in total. The quantitative estimate of drug-likeness (QED) is 0.572. The minimum Gasteiger partial charge on any atom is -0.381 e. The molecule has 0 fully saturated rings. The van der Waals surface area contributed by atoms with Gasteiger partial charge in [0.05, 0.1) is 0 Å². The first-order valence-electron chi connectivity index (χ1n) is 6.75. The molecule has 2 N–H and O–H groups in total. The van der Waals surface area contributed by atoms with E-state index in [1.54, 1.807) is 6.07 Å². The van der Waals surface area contributed by atoms with Gasteiger partial charge in [-0.1, -0.05) is 30.3 Å². The Kier molecular flexibility index (Phi) is 7.05. The lowest BCUT2D eigenvalue weighted by molar-refractivity contribution is -0.170. The van der Waals surface area contributed by atoms with Crippen LogP contribution in [0.15, 0.2) is 30.3 Å². The summed E-state index contributed by atoms with van der Waals surface area (Å²) in [5.74, 6) is 0. The smallest absolute Gasteiger partial charge is 0.381 e. The van der Waals surface area contributed by atoms with Gasteiger partial charge in [-0.2, -0.15) is 26.3 Å². The molecule has 0 heterocycles. The van der Waals surface area contributed by atoms with E-state index in [9.17, 15) is 26.3 Å². The van der Waals surface area contributed by atoms with Crippen molar-refractivity contribution in [3.8, 4) is 0 Å². The molecule has 0 unspecified atom stereocenters. The van der Waals surface area contributed by atoms with Crippen LogP contribution < -0.4 is 10.9 Å². The maximum absolute atomic E-state index is 12.5. The maximum Gasteiger partial charge on any atom is 0.410 e. The number of benzene rings is 1. The molecule has 1 aromatic rings. The van der Waals surface area contributed by atoms with Gasteiger partial charge < -0.3 is 14.6 Å². The molecule has 132 valence electrons. The van der Waals surface area contributed by atoms with Crippen LogP contribution in [0.5, 0.6) is 0 Å². The van der Waals surface area contributed by atoms with Gasteiger partial charge in [-0.05, 0) is 24.2 Å². The molecule has 0 amide bonds. The van der Waals surface area contributed by atoms with Crippen LogP contribution in [0, 0.1) is 0 Å². The summed E-state index contributed by atoms with van der Waals surface area (Å²) in [7, 11) is -3.93. The Morgan fingerprint density at radius 2 is 1.35 bits per heavy atom. The molecule has 10 heteroatoms. The number of halogens is 6. The largest absolute Gasteiger partial charge is 0.410 e. The van der Waals surface area contributed by atoms with Crippen molar-refractivity contribution in [2.75, 3.05) is 19.8 Å². The Balaban J connectivity index is 3.10. The van der Waals surface area contributed by atoms with Gasteiger partial charge in [0.2, 0.25) is 0 Å². The van der Waals surface area contributed by atoms with Crippen LogP contribution in [-0.4, -0.2) is 40.7 Å². The minimum absolute atomic E-state index is 0.0975. The summed E-state index contributed by atoms with van der Waals surface area (Å²) in [5, 5.41) is 0.210. The highest BCUT2D eigenvalue weighted by Gasteiger charge is 2.46. The fourth-order valence-electron chi connectivity index (χ4n) is 1.92. The van der Waals surface area contributed by atoms with Crippen molar-refractivity contribution in [3.63, 3.8) is 0 Å². The molecular weight excluding hydrogens is 344 g/mol. The third kappa shape index (κ3) is 7.33. The fraction of sp³-hybridized carbons (Fsp3) is 0.538. The van der Waals surface area contributed by atoms with Gasteiger partial charge in [-0.15, -0.1) is 0 Å². The van der Waals surface area contributed by atoms with Crippen molar-refractivity contribution in [3.05, 3.63) is 30.3 Å². The van der Waals surface area contributed by atoms with Crippen molar-refractivity contribution in [2.24, 2.45) is 5.73 Å². The number of nitrogens with two attached hydrogens (primary N) is 1. The van der Waals surface area contributed by atoms with Crippen molar-refractivity contribution < 1.29 is 35.2 Å². The van der Waals surface area contributed by atoms with Crippen LogP contribution in [0.25, 0.3) is 0 Å². The van der Waals surface area contributed by atoms with Gasteiger partial charge in [0.1, 0.15) is 13.2 Å². The molecule has 0 aliphatic heterocycles. The highest BCUT2D eigenvalue weighted by atomic mass is 28.4. The molecule has 0 atom stereocenters. The highest BCUT2D eigenvalue weighted by molar-refractivity contribution is 6.81. The number of hydrogen-bond donors (Lipinski definition) is 1. The second-order valence-electron chi connectivity index (χ2n) is 4.82. The summed E-state index contributed by atoms with van der Waals surface area (Å²) >= 11 is 0. The minimum atomic E-state index is -4.67. The van der Waals surface area contributed by atoms with Gasteiger partial charge in [-0.3, -0.25) is 0 Å². The van der Waals surface area contributed by atoms with Crippen molar-refractivity contribution in [2.45, 2.75) is 24.8 Å². The average Bonchev–Trinajstić information content (AvgIpc) is 2.46. The summed E-state index contributed by atoms with van der Waals surface area (Å²) in [5.41, 5.74) is 5.34. The number of rotatable bonds is 8. The van der Waals surface area contributed by atoms with Crippen LogP contribution in [0.4, 0.5) is 26.3 Å². The van der Waals surface area contributed by atoms with E-state index in [1.165, 1.54) is 24.3 Å². The van der Waals surface area contributed by atoms with Crippen molar-refractivity contribution in [1.82, 2.24) is 0 Å². The first-order valence-corrected chi connectivity index (χ1v) is 8.77. The van der Waals surface area contributed by atoms with Crippen molar-refractivity contribution in [1.29, 1.82) is 0 Å². The normalized spacial score (nSPS) is 13.3. The van der Waals surface area contributed by atoms with E-state index < -0.39 is 34.1 Å². The van der Waals surface area contributed by atoms with Gasteiger partial charge in [-0.25, -0.2) is 0 Å². The van der Waals surface area contributed by atoms with Crippen LogP contribution in [-0.2, 0) is 8.85 Å². The lowest BCUT2D eigenvalue weighted by Gasteiger charge is -2.32. The van der Waals surface area contributed by atoms with Crippen molar-refractivity contribution >= 4 is 13.7 Å². The third-order valence-electron chi connectivity index (χ3n) is 2.86. The SMILES string of the molecule is NCCC[Si](OCC(F)(F)F)(OCC(F)(F)F)c1ccccc1. The lowest BCUT2D eigenvalue weighted by Crippen LogP contribution is -2.56. The van der Waals surface area contributed by atoms with E-state index in [0.717, 1.165) is 0 Å². The van der Waals surface area contributed by atoms with E-state index in [-0.39, 0.29) is 24.2 Å². The van der Waals surface area contributed by atoms with E-state index in [2.05, 4.69) is 0 Å². The highest BCUT2D eigenvalue weighted by Crippen LogP contribution is 2.25. The summed E-state index contributed by atoms with van der Waals surface area (Å²) < 4.78 is 84.8. The lowest BCUT2D eigenvalue weighted by atomic mass is 10.4. The number of hydrogen-bond acceptors (Lipinski definition) is 3. The standard InChI is InChI=1S/C13H17F6NO2Si/c14-12(15,16)9-21-23(8-4-7-20,22-10-13(17,18)19)11-5-2-1-3-6-11/h1-3,5-6H,4,7-10,20H2. The Morgan fingerprint density at radius 3 is 1.74 bits per heavy atom. The summed E-state index contributed by atoms with van der Waals surface area (Å²) in [6, 6.07) is 7.34. The second-order valence-corrected chi connectivity index (χ2v) is 7.98. The van der Waals surface area contributed by atoms with E-state index in [4.69, 9.17) is 14.6 Å². The summed E-state index contributed by atoms with van der Waals surface area (Å²) in [6.45, 7) is -3.24. The van der Waals surface area contributed by atoms with E-state index in [1.807, 2.05) is 0 Å². The predicted molar refractivity (Wildman–Crippen MR) is 74.3 cm³/mol. The van der Waals surface area contributed by atoms with Gasteiger partial charge in [0.15, 0.2) is 0 Å². The Hall–Kier alpha value is -1.10. The summed E-state index contributed by atoms with van der Waals surface area (Å²) in [6.07, 6.45) is -9.15. The predicted octanol–water partition coefficient (Wildman–Crippen LogP) is 2.84. The molecule has 0 aliphatic carbocycles. The van der Waals surface area contributed by atoms with E-state index >= 15 is 0 Å². The zero-order valence-electron chi connectivity index (χ0n) is 12.1. The molecule has 1 aromatic carbocycles. The Bertz CT molecular complexity index is 448. The molecule has 0 aliphatic rings. The van der Waals surface area contributed by atoms with E-state index in [0.29, 0.717) is 0 Å². The molecule has 0 spiro atoms. The number of alkyl halides is 6.